The van der Waals surface area contributed by atoms with Crippen molar-refractivity contribution >= 4 is 18.3 Å². The predicted octanol–water partition coefficient (Wildman–Crippen LogP) is 2.63. The van der Waals surface area contributed by atoms with E-state index >= 15 is 0 Å². The number of carbonyl (C=O) groups excluding carboxylic acids is 1. The van der Waals surface area contributed by atoms with Gasteiger partial charge in [-0.25, -0.2) is 0 Å². The lowest BCUT2D eigenvalue weighted by Gasteiger charge is -2.28. The van der Waals surface area contributed by atoms with Crippen molar-refractivity contribution < 1.29 is 9.53 Å². The molecule has 1 saturated heterocycles. The van der Waals surface area contributed by atoms with Crippen LogP contribution in [0.15, 0.2) is 30.3 Å². The summed E-state index contributed by atoms with van der Waals surface area (Å²) in [5, 5.41) is 6.35. The molecule has 124 valence electrons. The molecule has 1 fully saturated rings. The molecule has 0 aliphatic carbocycles. The molecule has 0 aromatic heterocycles. The molecule has 1 aliphatic heterocycles. The molecule has 1 amide bonds. The maximum absolute atomic E-state index is 11.9. The molecule has 0 spiro atoms. The molecule has 4 nitrogen and oxygen atoms in total. The minimum absolute atomic E-state index is 0. The second-order valence-electron chi connectivity index (χ2n) is 5.80. The Labute approximate surface area is 139 Å². The maximum atomic E-state index is 11.9. The van der Waals surface area contributed by atoms with Crippen molar-refractivity contribution in [2.45, 2.75) is 26.2 Å². The van der Waals surface area contributed by atoms with Gasteiger partial charge in [0.05, 0.1) is 6.54 Å². The van der Waals surface area contributed by atoms with Crippen LogP contribution in [0.2, 0.25) is 0 Å². The van der Waals surface area contributed by atoms with Crippen molar-refractivity contribution in [2.24, 2.45) is 11.8 Å². The zero-order chi connectivity index (χ0) is 14.9. The highest BCUT2D eigenvalue weighted by Crippen LogP contribution is 2.22. The van der Waals surface area contributed by atoms with Gasteiger partial charge in [-0.2, -0.15) is 0 Å². The summed E-state index contributed by atoms with van der Waals surface area (Å²) in [4.78, 5) is 11.9. The molecule has 0 radical (unpaired) electrons. The fraction of sp³-hybridized carbons (Fsp3) is 0.588. The van der Waals surface area contributed by atoms with E-state index in [1.807, 2.05) is 30.3 Å². The summed E-state index contributed by atoms with van der Waals surface area (Å²) in [5.74, 6) is 2.04. The monoisotopic (exact) mass is 326 g/mol. The zero-order valence-corrected chi connectivity index (χ0v) is 14.0. The highest BCUT2D eigenvalue weighted by atomic mass is 35.5. The Morgan fingerprint density at radius 2 is 2.18 bits per heavy atom. The fourth-order valence-electron chi connectivity index (χ4n) is 2.77. The molecule has 2 rings (SSSR count). The van der Waals surface area contributed by atoms with E-state index in [0.29, 0.717) is 31.4 Å². The van der Waals surface area contributed by atoms with Crippen molar-refractivity contribution in [3.8, 4) is 5.75 Å². The van der Waals surface area contributed by atoms with Gasteiger partial charge in [0.2, 0.25) is 5.91 Å². The summed E-state index contributed by atoms with van der Waals surface area (Å²) in [6.45, 7) is 5.41. The van der Waals surface area contributed by atoms with E-state index in [4.69, 9.17) is 4.74 Å². The summed E-state index contributed by atoms with van der Waals surface area (Å²) in [6.07, 6.45) is 3.07. The van der Waals surface area contributed by atoms with Gasteiger partial charge in [-0.15, -0.1) is 12.4 Å². The first-order chi connectivity index (χ1) is 10.3. The number of para-hydroxylation sites is 1. The second-order valence-corrected chi connectivity index (χ2v) is 5.80. The molecule has 0 bridgehead atoms. The van der Waals surface area contributed by atoms with Gasteiger partial charge in [0.1, 0.15) is 12.4 Å². The van der Waals surface area contributed by atoms with Crippen LogP contribution in [0.25, 0.3) is 0 Å². The Morgan fingerprint density at radius 1 is 1.41 bits per heavy atom. The smallest absolute Gasteiger partial charge is 0.220 e. The number of hydrogen-bond acceptors (Lipinski definition) is 3. The van der Waals surface area contributed by atoms with Gasteiger partial charge in [-0.1, -0.05) is 25.1 Å². The quantitative estimate of drug-likeness (QED) is 0.757. The van der Waals surface area contributed by atoms with Crippen LogP contribution in [0.3, 0.4) is 0 Å². The number of amides is 1. The Balaban J connectivity index is 0.00000242. The van der Waals surface area contributed by atoms with E-state index in [1.54, 1.807) is 0 Å². The van der Waals surface area contributed by atoms with Gasteiger partial charge >= 0.3 is 0 Å². The normalized spacial score (nSPS) is 18.9. The number of ether oxygens (including phenoxy) is 1. The Bertz CT molecular complexity index is 422. The molecule has 2 unspecified atom stereocenters. The molecule has 1 heterocycles. The summed E-state index contributed by atoms with van der Waals surface area (Å²) >= 11 is 0. The van der Waals surface area contributed by atoms with Crippen LogP contribution in [0.5, 0.6) is 5.75 Å². The average molecular weight is 327 g/mol. The number of benzene rings is 1. The number of hydrogen-bond donors (Lipinski definition) is 2. The number of carbonyl (C=O) groups is 1. The third kappa shape index (κ3) is 6.67. The number of rotatable bonds is 7. The Kier molecular flexibility index (Phi) is 8.94. The van der Waals surface area contributed by atoms with E-state index in [9.17, 15) is 4.79 Å². The van der Waals surface area contributed by atoms with Crippen LogP contribution < -0.4 is 15.4 Å². The lowest BCUT2D eigenvalue weighted by molar-refractivity contribution is -0.122. The average Bonchev–Trinajstić information content (AvgIpc) is 2.53. The van der Waals surface area contributed by atoms with E-state index in [-0.39, 0.29) is 18.3 Å². The molecule has 2 atom stereocenters. The topological polar surface area (TPSA) is 50.4 Å². The van der Waals surface area contributed by atoms with E-state index in [0.717, 1.165) is 18.8 Å². The minimum Gasteiger partial charge on any atom is -0.492 e. The summed E-state index contributed by atoms with van der Waals surface area (Å²) < 4.78 is 5.55. The van der Waals surface area contributed by atoms with Crippen molar-refractivity contribution in [1.82, 2.24) is 10.6 Å². The first-order valence-corrected chi connectivity index (χ1v) is 7.91. The van der Waals surface area contributed by atoms with E-state index in [2.05, 4.69) is 17.6 Å². The molecular formula is C17H27ClN2O2. The second kappa shape index (κ2) is 10.5. The lowest BCUT2D eigenvalue weighted by atomic mass is 9.85. The highest BCUT2D eigenvalue weighted by molar-refractivity contribution is 5.85. The molecule has 2 N–H and O–H groups in total. The lowest BCUT2D eigenvalue weighted by Crippen LogP contribution is -2.36. The first kappa shape index (κ1) is 18.8. The predicted molar refractivity (Wildman–Crippen MR) is 91.6 cm³/mol. The molecule has 1 aromatic carbocycles. The largest absolute Gasteiger partial charge is 0.492 e. The number of piperidine rings is 1. The molecule has 1 aliphatic rings. The number of halogens is 1. The third-order valence-electron chi connectivity index (χ3n) is 4.08. The Hall–Kier alpha value is -1.26. The molecular weight excluding hydrogens is 300 g/mol. The van der Waals surface area contributed by atoms with Crippen molar-refractivity contribution in [1.29, 1.82) is 0 Å². The van der Waals surface area contributed by atoms with Gasteiger partial charge in [-0.05, 0) is 49.9 Å². The van der Waals surface area contributed by atoms with E-state index in [1.165, 1.54) is 12.8 Å². The molecule has 1 aromatic rings. The van der Waals surface area contributed by atoms with Gasteiger partial charge < -0.3 is 15.4 Å². The van der Waals surface area contributed by atoms with Crippen LogP contribution in [0.4, 0.5) is 0 Å². The summed E-state index contributed by atoms with van der Waals surface area (Å²) in [5.41, 5.74) is 0. The van der Waals surface area contributed by atoms with E-state index < -0.39 is 0 Å². The van der Waals surface area contributed by atoms with Gasteiger partial charge in [0.25, 0.3) is 0 Å². The van der Waals surface area contributed by atoms with Gasteiger partial charge in [-0.3, -0.25) is 4.79 Å². The summed E-state index contributed by atoms with van der Waals surface area (Å²) in [6, 6.07) is 9.66. The number of nitrogens with one attached hydrogen (secondary N) is 2. The Morgan fingerprint density at radius 3 is 2.86 bits per heavy atom. The minimum atomic E-state index is 0. The standard InChI is InChI=1S/C17H26N2O2.ClH/c1-14(15-6-5-9-18-13-15)12-17(20)19-10-11-21-16-7-3-2-4-8-16;/h2-4,7-8,14-15,18H,5-6,9-13H2,1H3,(H,19,20);1H. The fourth-order valence-corrected chi connectivity index (χ4v) is 2.77. The highest BCUT2D eigenvalue weighted by Gasteiger charge is 2.21. The van der Waals surface area contributed by atoms with Crippen LogP contribution in [-0.2, 0) is 4.79 Å². The van der Waals surface area contributed by atoms with Crippen molar-refractivity contribution in [3.05, 3.63) is 30.3 Å². The van der Waals surface area contributed by atoms with Crippen molar-refractivity contribution in [3.63, 3.8) is 0 Å². The van der Waals surface area contributed by atoms with Crippen molar-refractivity contribution in [2.75, 3.05) is 26.2 Å². The molecule has 5 heteroatoms. The maximum Gasteiger partial charge on any atom is 0.220 e. The molecule has 0 saturated carbocycles. The SMILES string of the molecule is CC(CC(=O)NCCOc1ccccc1)C1CCCNC1.Cl. The summed E-state index contributed by atoms with van der Waals surface area (Å²) in [7, 11) is 0. The van der Waals surface area contributed by atoms with Crippen LogP contribution in [0, 0.1) is 11.8 Å². The van der Waals surface area contributed by atoms with Crippen LogP contribution in [0.1, 0.15) is 26.2 Å². The van der Waals surface area contributed by atoms with Crippen LogP contribution >= 0.6 is 12.4 Å². The first-order valence-electron chi connectivity index (χ1n) is 7.91. The van der Waals surface area contributed by atoms with Crippen LogP contribution in [-0.4, -0.2) is 32.1 Å². The molecule has 22 heavy (non-hydrogen) atoms. The van der Waals surface area contributed by atoms with Gasteiger partial charge in [0.15, 0.2) is 0 Å². The zero-order valence-electron chi connectivity index (χ0n) is 13.2. The third-order valence-corrected chi connectivity index (χ3v) is 4.08. The van der Waals surface area contributed by atoms with Gasteiger partial charge in [0, 0.05) is 6.42 Å².